The Hall–Kier alpha value is -3.07. The number of benzene rings is 1. The van der Waals surface area contributed by atoms with E-state index in [1.54, 1.807) is 30.4 Å². The number of hydrogen-bond donors (Lipinski definition) is 2. The molecular formula is C22H25N3O5S. The van der Waals surface area contributed by atoms with Gasteiger partial charge in [0, 0.05) is 11.3 Å². The lowest BCUT2D eigenvalue weighted by molar-refractivity contribution is -0.134. The molecule has 9 heteroatoms. The summed E-state index contributed by atoms with van der Waals surface area (Å²) in [5.41, 5.74) is -0.319. The number of ether oxygens (including phenoxy) is 2. The van der Waals surface area contributed by atoms with Crippen LogP contribution in [0.15, 0.2) is 35.7 Å². The molecule has 2 N–H and O–H groups in total. The zero-order valence-corrected chi connectivity index (χ0v) is 18.5. The van der Waals surface area contributed by atoms with Crippen molar-refractivity contribution < 1.29 is 23.9 Å². The number of imide groups is 1. The number of nitrogens with zero attached hydrogens (tertiary/aromatic N) is 1. The molecule has 4 rings (SSSR count). The Labute approximate surface area is 184 Å². The molecule has 0 aliphatic carbocycles. The van der Waals surface area contributed by atoms with Crippen molar-refractivity contribution in [2.24, 2.45) is 5.92 Å². The maximum Gasteiger partial charge on any atom is 0.325 e. The average Bonchev–Trinajstić information content (AvgIpc) is 3.43. The Balaban J connectivity index is 1.43. The number of fused-ring (bicyclic) bond motifs is 1. The molecule has 1 aromatic heterocycles. The molecule has 1 aromatic carbocycles. The number of hydrogen-bond acceptors (Lipinski definition) is 6. The third-order valence-corrected chi connectivity index (χ3v) is 6.43. The summed E-state index contributed by atoms with van der Waals surface area (Å²) in [5, 5.41) is 7.66. The largest absolute Gasteiger partial charge is 0.454 e. The summed E-state index contributed by atoms with van der Waals surface area (Å²) in [6.07, 6.45) is 0.274. The van der Waals surface area contributed by atoms with Crippen LogP contribution in [0.4, 0.5) is 4.79 Å². The van der Waals surface area contributed by atoms with Crippen LogP contribution >= 0.6 is 11.3 Å². The first kappa shape index (κ1) is 21.2. The second kappa shape index (κ2) is 8.22. The smallest absolute Gasteiger partial charge is 0.325 e. The van der Waals surface area contributed by atoms with Gasteiger partial charge in [0.05, 0.1) is 6.04 Å². The van der Waals surface area contributed by atoms with Gasteiger partial charge in [-0.05, 0) is 42.0 Å². The van der Waals surface area contributed by atoms with Gasteiger partial charge in [-0.1, -0.05) is 26.0 Å². The highest BCUT2D eigenvalue weighted by atomic mass is 32.1. The molecule has 164 valence electrons. The van der Waals surface area contributed by atoms with E-state index in [9.17, 15) is 14.4 Å². The van der Waals surface area contributed by atoms with Crippen molar-refractivity contribution in [1.29, 1.82) is 0 Å². The molecule has 1 saturated heterocycles. The highest BCUT2D eigenvalue weighted by Gasteiger charge is 2.48. The second-order valence-corrected chi connectivity index (χ2v) is 9.30. The zero-order valence-electron chi connectivity index (χ0n) is 17.6. The van der Waals surface area contributed by atoms with Gasteiger partial charge in [-0.3, -0.25) is 14.5 Å². The Morgan fingerprint density at radius 2 is 2.03 bits per heavy atom. The molecule has 0 bridgehead atoms. The summed E-state index contributed by atoms with van der Waals surface area (Å²) in [4.78, 5) is 40.3. The van der Waals surface area contributed by atoms with Crippen LogP contribution in [0.25, 0.3) is 0 Å². The lowest BCUT2D eigenvalue weighted by atomic mass is 9.92. The van der Waals surface area contributed by atoms with Crippen molar-refractivity contribution in [2.45, 2.75) is 38.8 Å². The molecule has 1 fully saturated rings. The van der Waals surface area contributed by atoms with E-state index in [0.29, 0.717) is 11.5 Å². The van der Waals surface area contributed by atoms with Crippen LogP contribution in [0.2, 0.25) is 0 Å². The lowest BCUT2D eigenvalue weighted by Crippen LogP contribution is -2.47. The normalized spacial score (nSPS) is 20.8. The maximum absolute atomic E-state index is 13.1. The quantitative estimate of drug-likeness (QED) is 0.642. The standard InChI is InChI=1S/C22H25N3O5S/c1-13(2)19(17-5-4-8-31-17)23-18(26)11-25-20(27)22(3,24-21(25)28)10-14-6-7-15-16(9-14)30-12-29-15/h4-9,13,19H,10-12H2,1-3H3,(H,23,26)(H,24,28). The number of carbonyl (C=O) groups is 3. The molecule has 3 heterocycles. The number of thiophene rings is 1. The van der Waals surface area contributed by atoms with Crippen molar-refractivity contribution in [3.05, 3.63) is 46.2 Å². The van der Waals surface area contributed by atoms with E-state index in [2.05, 4.69) is 10.6 Å². The topological polar surface area (TPSA) is 97.0 Å². The van der Waals surface area contributed by atoms with E-state index >= 15 is 0 Å². The molecular weight excluding hydrogens is 418 g/mol. The van der Waals surface area contributed by atoms with E-state index in [-0.39, 0.29) is 37.6 Å². The Morgan fingerprint density at radius 1 is 1.26 bits per heavy atom. The van der Waals surface area contributed by atoms with Gasteiger partial charge >= 0.3 is 6.03 Å². The Bertz CT molecular complexity index is 1010. The van der Waals surface area contributed by atoms with Crippen LogP contribution in [-0.2, 0) is 16.0 Å². The fourth-order valence-electron chi connectivity index (χ4n) is 3.87. The number of urea groups is 1. The summed E-state index contributed by atoms with van der Waals surface area (Å²) in [5.74, 6) is 0.634. The lowest BCUT2D eigenvalue weighted by Gasteiger charge is -2.24. The monoisotopic (exact) mass is 443 g/mol. The molecule has 0 radical (unpaired) electrons. The van der Waals surface area contributed by atoms with Gasteiger partial charge in [0.2, 0.25) is 12.7 Å². The van der Waals surface area contributed by atoms with Crippen LogP contribution in [0.1, 0.15) is 37.3 Å². The minimum atomic E-state index is -1.14. The fourth-order valence-corrected chi connectivity index (χ4v) is 4.82. The molecule has 4 amide bonds. The molecule has 31 heavy (non-hydrogen) atoms. The molecule has 2 aliphatic heterocycles. The number of nitrogens with one attached hydrogen (secondary N) is 2. The minimum Gasteiger partial charge on any atom is -0.454 e. The third kappa shape index (κ3) is 4.23. The van der Waals surface area contributed by atoms with Crippen molar-refractivity contribution in [3.63, 3.8) is 0 Å². The van der Waals surface area contributed by atoms with Crippen molar-refractivity contribution in [2.75, 3.05) is 13.3 Å². The molecule has 8 nitrogen and oxygen atoms in total. The molecule has 2 unspecified atom stereocenters. The average molecular weight is 444 g/mol. The first-order chi connectivity index (χ1) is 14.8. The third-order valence-electron chi connectivity index (χ3n) is 5.47. The number of amides is 4. The van der Waals surface area contributed by atoms with Gasteiger partial charge < -0.3 is 20.1 Å². The first-order valence-corrected chi connectivity index (χ1v) is 11.0. The van der Waals surface area contributed by atoms with Gasteiger partial charge in [-0.2, -0.15) is 0 Å². The summed E-state index contributed by atoms with van der Waals surface area (Å²) in [6.45, 7) is 5.54. The van der Waals surface area contributed by atoms with Crippen LogP contribution in [-0.4, -0.2) is 41.6 Å². The van der Waals surface area contributed by atoms with Crippen molar-refractivity contribution in [1.82, 2.24) is 15.5 Å². The second-order valence-electron chi connectivity index (χ2n) is 8.32. The predicted octanol–water partition coefficient (Wildman–Crippen LogP) is 2.84. The number of rotatable bonds is 7. The van der Waals surface area contributed by atoms with Crippen LogP contribution in [0.5, 0.6) is 11.5 Å². The van der Waals surface area contributed by atoms with E-state index < -0.39 is 17.5 Å². The summed E-state index contributed by atoms with van der Waals surface area (Å²) >= 11 is 1.56. The van der Waals surface area contributed by atoms with Crippen LogP contribution in [0, 0.1) is 5.92 Å². The summed E-state index contributed by atoms with van der Waals surface area (Å²) < 4.78 is 10.7. The van der Waals surface area contributed by atoms with Crippen molar-refractivity contribution >= 4 is 29.2 Å². The fraction of sp³-hybridized carbons (Fsp3) is 0.409. The van der Waals surface area contributed by atoms with Gasteiger partial charge in [0.15, 0.2) is 11.5 Å². The molecule has 2 aromatic rings. The maximum atomic E-state index is 13.1. The first-order valence-electron chi connectivity index (χ1n) is 10.1. The van der Waals surface area contributed by atoms with Gasteiger partial charge in [-0.15, -0.1) is 11.3 Å². The number of carbonyl (C=O) groups excluding carboxylic acids is 3. The molecule has 0 spiro atoms. The molecule has 2 aliphatic rings. The minimum absolute atomic E-state index is 0.164. The van der Waals surface area contributed by atoms with Crippen LogP contribution in [0.3, 0.4) is 0 Å². The highest BCUT2D eigenvalue weighted by Crippen LogP contribution is 2.34. The summed E-state index contributed by atoms with van der Waals surface area (Å²) in [6, 6.07) is 8.57. The Kier molecular flexibility index (Phi) is 5.62. The van der Waals surface area contributed by atoms with Crippen molar-refractivity contribution in [3.8, 4) is 11.5 Å². The summed E-state index contributed by atoms with van der Waals surface area (Å²) in [7, 11) is 0. The highest BCUT2D eigenvalue weighted by molar-refractivity contribution is 7.10. The van der Waals surface area contributed by atoms with E-state index in [4.69, 9.17) is 9.47 Å². The zero-order chi connectivity index (χ0) is 22.2. The van der Waals surface area contributed by atoms with E-state index in [0.717, 1.165) is 15.3 Å². The predicted molar refractivity (Wildman–Crippen MR) is 115 cm³/mol. The van der Waals surface area contributed by atoms with Gasteiger partial charge in [-0.25, -0.2) is 4.79 Å². The van der Waals surface area contributed by atoms with E-state index in [1.807, 2.05) is 37.4 Å². The Morgan fingerprint density at radius 3 is 2.74 bits per heavy atom. The van der Waals surface area contributed by atoms with Gasteiger partial charge in [0.1, 0.15) is 12.1 Å². The van der Waals surface area contributed by atoms with Gasteiger partial charge in [0.25, 0.3) is 5.91 Å². The van der Waals surface area contributed by atoms with E-state index in [1.165, 1.54) is 0 Å². The molecule has 2 atom stereocenters. The SMILES string of the molecule is CC(C)C(NC(=O)CN1C(=O)NC(C)(Cc2ccc3c(c2)OCO3)C1=O)c1cccs1. The van der Waals surface area contributed by atoms with Crippen LogP contribution < -0.4 is 20.1 Å². The molecule has 0 saturated carbocycles.